The van der Waals surface area contributed by atoms with Gasteiger partial charge in [-0.25, -0.2) is 0 Å². The first-order valence-corrected chi connectivity index (χ1v) is 11.3. The normalized spacial score (nSPS) is 20.4. The fourth-order valence-corrected chi connectivity index (χ4v) is 3.01. The maximum absolute atomic E-state index is 5.72. The van der Waals surface area contributed by atoms with Gasteiger partial charge in [0.25, 0.3) is 0 Å². The molecule has 0 spiro atoms. The molecule has 2 aliphatic heterocycles. The van der Waals surface area contributed by atoms with Crippen LogP contribution in [0.1, 0.15) is 13.8 Å². The van der Waals surface area contributed by atoms with Crippen molar-refractivity contribution < 1.29 is 42.6 Å². The zero-order valence-corrected chi connectivity index (χ0v) is 19.8. The van der Waals surface area contributed by atoms with Crippen LogP contribution in [0.3, 0.4) is 0 Å². The van der Waals surface area contributed by atoms with Crippen LogP contribution in [0.25, 0.3) is 11.1 Å². The van der Waals surface area contributed by atoms with Gasteiger partial charge in [-0.15, -0.1) is 0 Å². The molecule has 0 aliphatic carbocycles. The first-order valence-electron chi connectivity index (χ1n) is 11.3. The van der Waals surface area contributed by atoms with Crippen molar-refractivity contribution in [2.45, 2.75) is 38.6 Å². The molecular formula is C25H32O9. The lowest BCUT2D eigenvalue weighted by Gasteiger charge is -2.16. The largest absolute Gasteiger partial charge is 0.493 e. The van der Waals surface area contributed by atoms with Crippen LogP contribution in [0.4, 0.5) is 0 Å². The molecule has 0 bridgehead atoms. The van der Waals surface area contributed by atoms with E-state index < -0.39 is 0 Å². The summed E-state index contributed by atoms with van der Waals surface area (Å²) in [5.74, 6) is 1.90. The van der Waals surface area contributed by atoms with Crippen LogP contribution >= 0.6 is 0 Å². The lowest BCUT2D eigenvalue weighted by molar-refractivity contribution is -0.166. The Bertz CT molecular complexity index is 880. The molecule has 34 heavy (non-hydrogen) atoms. The molecule has 0 N–H and O–H groups in total. The van der Waals surface area contributed by atoms with Gasteiger partial charge in [0.1, 0.15) is 18.0 Å². The Hall–Kier alpha value is -2.40. The molecule has 0 radical (unpaired) electrons. The summed E-state index contributed by atoms with van der Waals surface area (Å²) in [7, 11) is 1.60. The van der Waals surface area contributed by atoms with E-state index in [1.807, 2.05) is 56.3 Å². The fraction of sp³-hybridized carbons (Fsp3) is 0.520. The van der Waals surface area contributed by atoms with Gasteiger partial charge in [-0.05, 0) is 49.2 Å². The van der Waals surface area contributed by atoms with Crippen LogP contribution in [0.5, 0.6) is 17.2 Å². The van der Waals surface area contributed by atoms with Crippen LogP contribution in [0.15, 0.2) is 42.5 Å². The number of ether oxygens (including phenoxy) is 9. The highest BCUT2D eigenvalue weighted by Gasteiger charge is 2.24. The summed E-state index contributed by atoms with van der Waals surface area (Å²) in [5, 5.41) is 0. The molecular weight excluding hydrogens is 444 g/mol. The highest BCUT2D eigenvalue weighted by Crippen LogP contribution is 2.33. The number of epoxide rings is 2. The molecule has 4 rings (SSSR count). The fourth-order valence-electron chi connectivity index (χ4n) is 3.01. The van der Waals surface area contributed by atoms with Gasteiger partial charge in [0, 0.05) is 0 Å². The van der Waals surface area contributed by atoms with Crippen molar-refractivity contribution in [1.82, 2.24) is 0 Å². The maximum Gasteiger partial charge on any atom is 0.192 e. The van der Waals surface area contributed by atoms with E-state index in [1.165, 1.54) is 0 Å². The van der Waals surface area contributed by atoms with E-state index in [9.17, 15) is 0 Å². The summed E-state index contributed by atoms with van der Waals surface area (Å²) in [4.78, 5) is 0. The second-order valence-electron chi connectivity index (χ2n) is 7.96. The van der Waals surface area contributed by atoms with Gasteiger partial charge >= 0.3 is 0 Å². The number of hydrogen-bond donors (Lipinski definition) is 0. The van der Waals surface area contributed by atoms with E-state index in [1.54, 1.807) is 7.11 Å². The van der Waals surface area contributed by atoms with Crippen LogP contribution in [0.2, 0.25) is 0 Å². The number of benzene rings is 2. The molecule has 2 aromatic carbocycles. The number of rotatable bonds is 16. The van der Waals surface area contributed by atoms with Crippen molar-refractivity contribution in [2.24, 2.45) is 0 Å². The predicted molar refractivity (Wildman–Crippen MR) is 122 cm³/mol. The number of hydrogen-bond acceptors (Lipinski definition) is 9. The minimum absolute atomic E-state index is 0.0501. The maximum atomic E-state index is 5.72. The second-order valence-corrected chi connectivity index (χ2v) is 7.96. The zero-order valence-electron chi connectivity index (χ0n) is 19.8. The Labute approximate surface area is 199 Å². The molecule has 4 atom stereocenters. The molecule has 4 unspecified atom stereocenters. The van der Waals surface area contributed by atoms with Gasteiger partial charge < -0.3 is 42.6 Å². The Morgan fingerprint density at radius 2 is 1.29 bits per heavy atom. The lowest BCUT2D eigenvalue weighted by Crippen LogP contribution is -2.19. The van der Waals surface area contributed by atoms with Crippen molar-refractivity contribution in [3.63, 3.8) is 0 Å². The molecule has 2 heterocycles. The van der Waals surface area contributed by atoms with E-state index in [4.69, 9.17) is 42.6 Å². The molecule has 9 nitrogen and oxygen atoms in total. The van der Waals surface area contributed by atoms with Gasteiger partial charge in [-0.1, -0.05) is 18.2 Å². The van der Waals surface area contributed by atoms with E-state index in [2.05, 4.69) is 0 Å². The SMILES string of the molecule is COc1cc(-c2ccc(OCOC(C)OCC3CO3)cc2)ccc1OCOC(C)OCC1CO1. The van der Waals surface area contributed by atoms with Crippen LogP contribution in [-0.4, -0.2) is 71.9 Å². The highest BCUT2D eigenvalue weighted by molar-refractivity contribution is 5.67. The van der Waals surface area contributed by atoms with Crippen LogP contribution < -0.4 is 14.2 Å². The molecule has 2 aliphatic rings. The molecule has 186 valence electrons. The first-order chi connectivity index (χ1) is 16.6. The molecule has 0 saturated carbocycles. The molecule has 0 amide bonds. The predicted octanol–water partition coefficient (Wildman–Crippen LogP) is 3.59. The topological polar surface area (TPSA) is 89.7 Å². The van der Waals surface area contributed by atoms with Gasteiger partial charge in [0.15, 0.2) is 37.7 Å². The van der Waals surface area contributed by atoms with Crippen molar-refractivity contribution in [2.75, 3.05) is 47.1 Å². The Morgan fingerprint density at radius 1 is 0.735 bits per heavy atom. The Balaban J connectivity index is 1.22. The van der Waals surface area contributed by atoms with Gasteiger partial charge in [0.05, 0.1) is 33.5 Å². The average molecular weight is 477 g/mol. The van der Waals surface area contributed by atoms with Gasteiger partial charge in [-0.3, -0.25) is 0 Å². The summed E-state index contributed by atoms with van der Waals surface area (Å²) in [5.41, 5.74) is 2.00. The number of methoxy groups -OCH3 is 1. The first kappa shape index (κ1) is 24.7. The monoisotopic (exact) mass is 476 g/mol. The minimum atomic E-state index is -0.381. The zero-order chi connectivity index (χ0) is 23.8. The molecule has 0 aromatic heterocycles. The Kier molecular flexibility index (Phi) is 8.97. The van der Waals surface area contributed by atoms with Crippen molar-refractivity contribution in [3.8, 4) is 28.4 Å². The summed E-state index contributed by atoms with van der Waals surface area (Å²) >= 11 is 0. The third-order valence-corrected chi connectivity index (χ3v) is 5.24. The molecule has 2 saturated heterocycles. The lowest BCUT2D eigenvalue weighted by atomic mass is 10.1. The molecule has 9 heteroatoms. The van der Waals surface area contributed by atoms with Crippen LogP contribution in [0, 0.1) is 0 Å². The van der Waals surface area contributed by atoms with Crippen molar-refractivity contribution in [1.29, 1.82) is 0 Å². The summed E-state index contributed by atoms with van der Waals surface area (Å²) in [6.07, 6.45) is -0.323. The van der Waals surface area contributed by atoms with E-state index >= 15 is 0 Å². The van der Waals surface area contributed by atoms with E-state index in [-0.39, 0.29) is 38.4 Å². The van der Waals surface area contributed by atoms with Crippen molar-refractivity contribution in [3.05, 3.63) is 42.5 Å². The van der Waals surface area contributed by atoms with Gasteiger partial charge in [-0.2, -0.15) is 0 Å². The second kappa shape index (κ2) is 12.3. The standard InChI is InChI=1S/C25H32O9/c1-17(27-11-22-13-29-22)31-15-33-21-7-4-19(5-8-21)20-6-9-24(25(10-20)26-3)34-16-32-18(2)28-12-23-14-30-23/h4-10,17-18,22-23H,11-16H2,1-3H3. The summed E-state index contributed by atoms with van der Waals surface area (Å²) in [6, 6.07) is 13.5. The summed E-state index contributed by atoms with van der Waals surface area (Å²) in [6.45, 7) is 6.39. The average Bonchev–Trinajstić information content (AvgIpc) is 3.77. The van der Waals surface area contributed by atoms with E-state index in [0.29, 0.717) is 30.5 Å². The highest BCUT2D eigenvalue weighted by atomic mass is 16.8. The molecule has 2 fully saturated rings. The van der Waals surface area contributed by atoms with Gasteiger partial charge in [0.2, 0.25) is 0 Å². The smallest absolute Gasteiger partial charge is 0.192 e. The summed E-state index contributed by atoms with van der Waals surface area (Å²) < 4.78 is 49.1. The molecule has 2 aromatic rings. The minimum Gasteiger partial charge on any atom is -0.493 e. The van der Waals surface area contributed by atoms with Crippen LogP contribution in [-0.2, 0) is 28.4 Å². The van der Waals surface area contributed by atoms with E-state index in [0.717, 1.165) is 24.3 Å². The Morgan fingerprint density at radius 3 is 1.85 bits per heavy atom. The quantitative estimate of drug-likeness (QED) is 0.266. The third-order valence-electron chi connectivity index (χ3n) is 5.24. The third kappa shape index (κ3) is 8.12. The van der Waals surface area contributed by atoms with Crippen molar-refractivity contribution >= 4 is 0 Å².